The van der Waals surface area contributed by atoms with E-state index in [2.05, 4.69) is 6.58 Å². The number of likely N-dealkylation sites (tertiary alicyclic amines) is 1. The predicted molar refractivity (Wildman–Crippen MR) is 58.0 cm³/mol. The molecule has 88 valence electrons. The van der Waals surface area contributed by atoms with E-state index in [1.807, 2.05) is 13.0 Å². The maximum absolute atomic E-state index is 11.5. The Kier molecular flexibility index (Phi) is 4.10. The molecule has 1 saturated heterocycles. The van der Waals surface area contributed by atoms with Gasteiger partial charge in [-0.25, -0.2) is 9.59 Å². The van der Waals surface area contributed by atoms with Crippen molar-refractivity contribution in [3.05, 3.63) is 24.3 Å². The van der Waals surface area contributed by atoms with Crippen LogP contribution in [0.2, 0.25) is 0 Å². The van der Waals surface area contributed by atoms with Gasteiger partial charge >= 0.3 is 12.1 Å². The normalized spacial score (nSPS) is 22.2. The average Bonchev–Trinajstić information content (AvgIpc) is 2.70. The molecule has 0 radical (unpaired) electrons. The topological polar surface area (TPSA) is 66.8 Å². The fraction of sp³-hybridized carbons (Fsp3) is 0.455. The highest BCUT2D eigenvalue weighted by molar-refractivity contribution is 5.81. The van der Waals surface area contributed by atoms with E-state index in [-0.39, 0.29) is 6.61 Å². The first-order chi connectivity index (χ1) is 7.60. The number of ether oxygens (including phenoxy) is 1. The van der Waals surface area contributed by atoms with E-state index in [1.165, 1.54) is 11.0 Å². The third kappa shape index (κ3) is 2.62. The summed E-state index contributed by atoms with van der Waals surface area (Å²) in [6.45, 7) is 5.66. The molecule has 0 bridgehead atoms. The quantitative estimate of drug-likeness (QED) is 0.737. The summed E-state index contributed by atoms with van der Waals surface area (Å²) in [6, 6.07) is -0.816. The number of carboxylic acids is 1. The largest absolute Gasteiger partial charge is 0.480 e. The van der Waals surface area contributed by atoms with Gasteiger partial charge in [0, 0.05) is 13.0 Å². The molecule has 1 rings (SSSR count). The Bertz CT molecular complexity index is 335. The fourth-order valence-electron chi connectivity index (χ4n) is 1.59. The summed E-state index contributed by atoms with van der Waals surface area (Å²) >= 11 is 0. The standard InChI is InChI=1S/C11H15NO4/c1-3-5-16-11(15)12-7-8(4-2)6-9(12)10(13)14/h3-4,9H,1,5-7H2,2H3,(H,13,14)/t9-/m0/s1. The second-order valence-electron chi connectivity index (χ2n) is 3.50. The summed E-state index contributed by atoms with van der Waals surface area (Å²) in [6.07, 6.45) is 3.04. The minimum atomic E-state index is -1.01. The van der Waals surface area contributed by atoms with Gasteiger partial charge in [0.05, 0.1) is 0 Å². The molecule has 0 spiro atoms. The van der Waals surface area contributed by atoms with E-state index in [1.54, 1.807) is 0 Å². The smallest absolute Gasteiger partial charge is 0.411 e. The van der Waals surface area contributed by atoms with Crippen LogP contribution in [0.3, 0.4) is 0 Å². The van der Waals surface area contributed by atoms with Crippen LogP contribution >= 0.6 is 0 Å². The number of carbonyl (C=O) groups is 2. The Balaban J connectivity index is 2.72. The van der Waals surface area contributed by atoms with E-state index < -0.39 is 18.1 Å². The molecular formula is C11H15NO4. The van der Waals surface area contributed by atoms with Crippen molar-refractivity contribution in [3.8, 4) is 0 Å². The fourth-order valence-corrected chi connectivity index (χ4v) is 1.59. The van der Waals surface area contributed by atoms with Crippen molar-refractivity contribution in [3.63, 3.8) is 0 Å². The number of aliphatic carboxylic acids is 1. The monoisotopic (exact) mass is 225 g/mol. The molecule has 1 atom stereocenters. The van der Waals surface area contributed by atoms with Gasteiger partial charge < -0.3 is 9.84 Å². The van der Waals surface area contributed by atoms with Crippen LogP contribution in [0.15, 0.2) is 24.3 Å². The summed E-state index contributed by atoms with van der Waals surface area (Å²) in [5.74, 6) is -1.01. The van der Waals surface area contributed by atoms with Gasteiger partial charge in [0.25, 0.3) is 0 Å². The molecule has 5 heteroatoms. The maximum atomic E-state index is 11.5. The zero-order valence-electron chi connectivity index (χ0n) is 9.18. The molecular weight excluding hydrogens is 210 g/mol. The number of hydrogen-bond donors (Lipinski definition) is 1. The van der Waals surface area contributed by atoms with Crippen molar-refractivity contribution in [2.75, 3.05) is 13.2 Å². The summed E-state index contributed by atoms with van der Waals surface area (Å²) in [7, 11) is 0. The van der Waals surface area contributed by atoms with Gasteiger partial charge in [0.2, 0.25) is 0 Å². The Morgan fingerprint density at radius 1 is 1.69 bits per heavy atom. The zero-order valence-corrected chi connectivity index (χ0v) is 9.18. The minimum Gasteiger partial charge on any atom is -0.480 e. The lowest BCUT2D eigenvalue weighted by atomic mass is 10.1. The van der Waals surface area contributed by atoms with E-state index in [0.29, 0.717) is 13.0 Å². The van der Waals surface area contributed by atoms with Gasteiger partial charge in [-0.2, -0.15) is 0 Å². The zero-order chi connectivity index (χ0) is 12.1. The molecule has 0 aliphatic carbocycles. The van der Waals surface area contributed by atoms with Crippen molar-refractivity contribution in [2.45, 2.75) is 19.4 Å². The molecule has 0 saturated carbocycles. The van der Waals surface area contributed by atoms with Gasteiger partial charge in [-0.15, -0.1) is 0 Å². The highest BCUT2D eigenvalue weighted by Gasteiger charge is 2.37. The molecule has 0 aromatic heterocycles. The maximum Gasteiger partial charge on any atom is 0.411 e. The van der Waals surface area contributed by atoms with Crippen LogP contribution in [0.5, 0.6) is 0 Å². The molecule has 1 aliphatic rings. The van der Waals surface area contributed by atoms with Crippen LogP contribution in [-0.4, -0.2) is 41.3 Å². The highest BCUT2D eigenvalue weighted by Crippen LogP contribution is 2.23. The molecule has 5 nitrogen and oxygen atoms in total. The van der Waals surface area contributed by atoms with Crippen LogP contribution < -0.4 is 0 Å². The van der Waals surface area contributed by atoms with E-state index in [9.17, 15) is 9.59 Å². The van der Waals surface area contributed by atoms with Crippen LogP contribution in [0, 0.1) is 0 Å². The van der Waals surface area contributed by atoms with Crippen molar-refractivity contribution < 1.29 is 19.4 Å². The first-order valence-electron chi connectivity index (χ1n) is 5.01. The number of amides is 1. The summed E-state index contributed by atoms with van der Waals surface area (Å²) < 4.78 is 4.83. The highest BCUT2D eigenvalue weighted by atomic mass is 16.6. The number of hydrogen-bond acceptors (Lipinski definition) is 3. The van der Waals surface area contributed by atoms with Crippen molar-refractivity contribution >= 4 is 12.1 Å². The van der Waals surface area contributed by atoms with Crippen LogP contribution in [0.1, 0.15) is 13.3 Å². The van der Waals surface area contributed by atoms with E-state index >= 15 is 0 Å². The molecule has 1 amide bonds. The van der Waals surface area contributed by atoms with Gasteiger partial charge in [-0.3, -0.25) is 4.90 Å². The number of nitrogens with zero attached hydrogens (tertiary/aromatic N) is 1. The molecule has 1 aliphatic heterocycles. The third-order valence-corrected chi connectivity index (χ3v) is 2.46. The van der Waals surface area contributed by atoms with Crippen molar-refractivity contribution in [2.24, 2.45) is 0 Å². The molecule has 1 N–H and O–H groups in total. The first-order valence-corrected chi connectivity index (χ1v) is 5.01. The number of rotatable bonds is 3. The van der Waals surface area contributed by atoms with Gasteiger partial charge in [-0.1, -0.05) is 24.3 Å². The second-order valence-corrected chi connectivity index (χ2v) is 3.50. The lowest BCUT2D eigenvalue weighted by molar-refractivity contribution is -0.141. The van der Waals surface area contributed by atoms with Gasteiger partial charge in [0.1, 0.15) is 12.6 Å². The van der Waals surface area contributed by atoms with Gasteiger partial charge in [0.15, 0.2) is 0 Å². The second kappa shape index (κ2) is 5.34. The first kappa shape index (κ1) is 12.3. The summed E-state index contributed by atoms with van der Waals surface area (Å²) in [5.41, 5.74) is 0.933. The average molecular weight is 225 g/mol. The lowest BCUT2D eigenvalue weighted by Crippen LogP contribution is -2.40. The van der Waals surface area contributed by atoms with Crippen molar-refractivity contribution in [1.82, 2.24) is 4.90 Å². The Hall–Kier alpha value is -1.78. The number of carboxylic acid groups (broad SMARTS) is 1. The Morgan fingerprint density at radius 3 is 2.88 bits per heavy atom. The van der Waals surface area contributed by atoms with Crippen LogP contribution in [-0.2, 0) is 9.53 Å². The summed E-state index contributed by atoms with van der Waals surface area (Å²) in [5, 5.41) is 8.97. The summed E-state index contributed by atoms with van der Waals surface area (Å²) in [4.78, 5) is 23.7. The Morgan fingerprint density at radius 2 is 2.38 bits per heavy atom. The van der Waals surface area contributed by atoms with Crippen molar-refractivity contribution in [1.29, 1.82) is 0 Å². The third-order valence-electron chi connectivity index (χ3n) is 2.46. The molecule has 1 fully saturated rings. The van der Waals surface area contributed by atoms with Gasteiger partial charge in [-0.05, 0) is 6.92 Å². The molecule has 0 aromatic rings. The molecule has 1 heterocycles. The predicted octanol–water partition coefficient (Wildman–Crippen LogP) is 1.41. The minimum absolute atomic E-state index is 0.0901. The van der Waals surface area contributed by atoms with Crippen LogP contribution in [0.25, 0.3) is 0 Å². The molecule has 0 aromatic carbocycles. The lowest BCUT2D eigenvalue weighted by Gasteiger charge is -2.19. The van der Waals surface area contributed by atoms with Crippen LogP contribution in [0.4, 0.5) is 4.79 Å². The number of carbonyl (C=O) groups excluding carboxylic acids is 1. The molecule has 16 heavy (non-hydrogen) atoms. The number of allylic oxidation sites excluding steroid dienone is 1. The Labute approximate surface area is 94.0 Å². The molecule has 0 unspecified atom stereocenters. The SMILES string of the molecule is C=CCOC(=O)N1CC(=CC)C[C@H]1C(=O)O. The van der Waals surface area contributed by atoms with E-state index in [4.69, 9.17) is 9.84 Å². The van der Waals surface area contributed by atoms with E-state index in [0.717, 1.165) is 5.57 Å².